The Balaban J connectivity index is 0.930. The molecule has 2 heteroatoms. The van der Waals surface area contributed by atoms with Gasteiger partial charge in [-0.05, 0) is 134 Å². The molecule has 0 fully saturated rings. The van der Waals surface area contributed by atoms with Crippen molar-refractivity contribution in [3.63, 3.8) is 0 Å². The highest BCUT2D eigenvalue weighted by molar-refractivity contribution is 5.98. The quantitative estimate of drug-likeness (QED) is 0.113. The molecule has 0 spiro atoms. The predicted molar refractivity (Wildman–Crippen MR) is 280 cm³/mol. The van der Waals surface area contributed by atoms with E-state index in [-0.39, 0.29) is 6.04 Å². The van der Waals surface area contributed by atoms with Crippen LogP contribution in [0.15, 0.2) is 267 Å². The van der Waals surface area contributed by atoms with Gasteiger partial charge in [0.05, 0.1) is 6.04 Å². The summed E-state index contributed by atoms with van der Waals surface area (Å²) in [7, 11) is 0. The van der Waals surface area contributed by atoms with Crippen LogP contribution in [0.3, 0.4) is 0 Å². The van der Waals surface area contributed by atoms with Gasteiger partial charge in [-0.1, -0.05) is 206 Å². The highest BCUT2D eigenvalue weighted by Crippen LogP contribution is 2.39. The molecule has 1 unspecified atom stereocenters. The van der Waals surface area contributed by atoms with Crippen molar-refractivity contribution in [2.75, 3.05) is 9.80 Å². The summed E-state index contributed by atoms with van der Waals surface area (Å²) in [6, 6.07) is 75.3. The van der Waals surface area contributed by atoms with Gasteiger partial charge in [-0.15, -0.1) is 0 Å². The number of fused-ring (bicyclic) bond motifs is 2. The van der Waals surface area contributed by atoms with E-state index < -0.39 is 0 Å². The van der Waals surface area contributed by atoms with Crippen molar-refractivity contribution in [2.45, 2.75) is 19.4 Å². The SMILES string of the molecule is C\C=C/C=C\C=C\N(c1ccc(-c2ccccc2-c2ccc(N(c3ccc(-c4cccc5ccccc45)cc3)C3C=CC=CC3)cc2)cc1)c1ccc(-c2cccc3ccccc23)cc1. The maximum atomic E-state index is 2.47. The summed E-state index contributed by atoms with van der Waals surface area (Å²) >= 11 is 0. The largest absolute Gasteiger partial charge is 0.334 e. The van der Waals surface area contributed by atoms with Gasteiger partial charge < -0.3 is 9.80 Å². The first-order valence-corrected chi connectivity index (χ1v) is 22.6. The van der Waals surface area contributed by atoms with E-state index in [1.54, 1.807) is 0 Å². The van der Waals surface area contributed by atoms with Crippen LogP contribution in [-0.2, 0) is 0 Å². The van der Waals surface area contributed by atoms with Crippen molar-refractivity contribution in [1.29, 1.82) is 0 Å². The van der Waals surface area contributed by atoms with Crippen LogP contribution in [0, 0.1) is 0 Å². The van der Waals surface area contributed by atoms with E-state index in [0.29, 0.717) is 0 Å². The molecule has 0 N–H and O–H groups in total. The van der Waals surface area contributed by atoms with Crippen LogP contribution in [0.1, 0.15) is 13.3 Å². The van der Waals surface area contributed by atoms with Crippen LogP contribution in [0.4, 0.5) is 22.7 Å². The molecule has 2 nitrogen and oxygen atoms in total. The van der Waals surface area contributed by atoms with E-state index in [9.17, 15) is 0 Å². The molecule has 1 aliphatic carbocycles. The molecule has 312 valence electrons. The lowest BCUT2D eigenvalue weighted by Crippen LogP contribution is -2.29. The van der Waals surface area contributed by atoms with Gasteiger partial charge in [0.15, 0.2) is 0 Å². The van der Waals surface area contributed by atoms with Crippen LogP contribution in [0.5, 0.6) is 0 Å². The van der Waals surface area contributed by atoms with Crippen molar-refractivity contribution >= 4 is 44.3 Å². The molecule has 0 saturated carbocycles. The fourth-order valence-corrected chi connectivity index (χ4v) is 9.13. The molecule has 0 aromatic heterocycles. The third-order valence-electron chi connectivity index (χ3n) is 12.4. The lowest BCUT2D eigenvalue weighted by atomic mass is 9.94. The number of hydrogen-bond donors (Lipinski definition) is 0. The van der Waals surface area contributed by atoms with Gasteiger partial charge >= 0.3 is 0 Å². The van der Waals surface area contributed by atoms with E-state index in [1.807, 2.05) is 19.1 Å². The van der Waals surface area contributed by atoms with Gasteiger partial charge in [0, 0.05) is 28.9 Å². The summed E-state index contributed by atoms with van der Waals surface area (Å²) in [5, 5.41) is 5.04. The minimum absolute atomic E-state index is 0.209. The Bertz CT molecular complexity index is 3210. The monoisotopic (exact) mass is 834 g/mol. The molecule has 1 aliphatic rings. The van der Waals surface area contributed by atoms with Crippen LogP contribution in [-0.4, -0.2) is 6.04 Å². The summed E-state index contributed by atoms with van der Waals surface area (Å²) in [6.45, 7) is 2.03. The Labute approximate surface area is 383 Å². The topological polar surface area (TPSA) is 6.48 Å². The fourth-order valence-electron chi connectivity index (χ4n) is 9.13. The fraction of sp³-hybridized carbons (Fsp3) is 0.0476. The molecule has 0 aliphatic heterocycles. The highest BCUT2D eigenvalue weighted by Gasteiger charge is 2.20. The van der Waals surface area contributed by atoms with Crippen LogP contribution in [0.2, 0.25) is 0 Å². The van der Waals surface area contributed by atoms with Crippen molar-refractivity contribution in [3.05, 3.63) is 267 Å². The Morgan fingerprint density at radius 3 is 1.28 bits per heavy atom. The molecule has 9 aromatic carbocycles. The Morgan fingerprint density at radius 1 is 0.385 bits per heavy atom. The highest BCUT2D eigenvalue weighted by atomic mass is 15.2. The zero-order valence-corrected chi connectivity index (χ0v) is 36.6. The van der Waals surface area contributed by atoms with E-state index in [0.717, 1.165) is 23.5 Å². The van der Waals surface area contributed by atoms with Crippen molar-refractivity contribution < 1.29 is 0 Å². The number of nitrogens with zero attached hydrogens (tertiary/aromatic N) is 2. The molecule has 0 heterocycles. The average Bonchev–Trinajstić information content (AvgIpc) is 3.38. The molecule has 9 aromatic rings. The predicted octanol–water partition coefficient (Wildman–Crippen LogP) is 17.5. The zero-order valence-electron chi connectivity index (χ0n) is 36.6. The summed E-state index contributed by atoms with van der Waals surface area (Å²) in [5.74, 6) is 0. The third kappa shape index (κ3) is 8.76. The van der Waals surface area contributed by atoms with E-state index in [4.69, 9.17) is 0 Å². The number of rotatable bonds is 12. The second-order valence-corrected chi connectivity index (χ2v) is 16.4. The van der Waals surface area contributed by atoms with Gasteiger partial charge in [0.2, 0.25) is 0 Å². The van der Waals surface area contributed by atoms with Gasteiger partial charge in [0.1, 0.15) is 0 Å². The normalized spacial score (nSPS) is 13.7. The molecule has 10 rings (SSSR count). The standard InChI is InChI=1S/C63H50N2/c1-2-3-4-5-15-46-64(54-40-32-50(33-41-54)62-28-16-20-47-18-9-11-24-58(47)62)53-38-30-49(31-39-53)60-26-13-14-27-61(60)51-34-42-56(43-35-51)65(55-22-7-6-8-23-55)57-44-36-52(37-45-57)63-29-17-21-48-19-10-12-25-59(48)63/h2-22,24-46,55H,23H2,1H3/b3-2-,5-4-,46-15+. The Kier molecular flexibility index (Phi) is 12.0. The maximum Gasteiger partial charge on any atom is 0.0559 e. The van der Waals surface area contributed by atoms with Gasteiger partial charge in [-0.3, -0.25) is 0 Å². The van der Waals surface area contributed by atoms with Crippen molar-refractivity contribution in [3.8, 4) is 44.5 Å². The lowest BCUT2D eigenvalue weighted by molar-refractivity contribution is 0.785. The van der Waals surface area contributed by atoms with E-state index >= 15 is 0 Å². The summed E-state index contributed by atoms with van der Waals surface area (Å²) < 4.78 is 0. The smallest absolute Gasteiger partial charge is 0.0559 e. The van der Waals surface area contributed by atoms with E-state index in [2.05, 4.69) is 265 Å². The minimum Gasteiger partial charge on any atom is -0.334 e. The molecule has 1 atom stereocenters. The molecular weight excluding hydrogens is 785 g/mol. The van der Waals surface area contributed by atoms with Crippen LogP contribution >= 0.6 is 0 Å². The van der Waals surface area contributed by atoms with Gasteiger partial charge in [0.25, 0.3) is 0 Å². The van der Waals surface area contributed by atoms with Gasteiger partial charge in [-0.25, -0.2) is 0 Å². The molecular formula is C63H50N2. The molecule has 65 heavy (non-hydrogen) atoms. The summed E-state index contributed by atoms with van der Waals surface area (Å²) in [5.41, 5.74) is 14.2. The first kappa shape index (κ1) is 40.8. The summed E-state index contributed by atoms with van der Waals surface area (Å²) in [4.78, 5) is 4.72. The zero-order chi connectivity index (χ0) is 43.8. The molecule has 0 bridgehead atoms. The lowest BCUT2D eigenvalue weighted by Gasteiger charge is -2.33. The van der Waals surface area contributed by atoms with Crippen LogP contribution < -0.4 is 9.80 Å². The molecule has 0 saturated heterocycles. The second-order valence-electron chi connectivity index (χ2n) is 16.4. The summed E-state index contributed by atoms with van der Waals surface area (Å²) in [6.07, 6.45) is 22.3. The van der Waals surface area contributed by atoms with Crippen molar-refractivity contribution in [2.24, 2.45) is 0 Å². The van der Waals surface area contributed by atoms with Crippen LogP contribution in [0.25, 0.3) is 66.1 Å². The minimum atomic E-state index is 0.209. The molecule has 0 amide bonds. The number of benzene rings is 9. The van der Waals surface area contributed by atoms with E-state index in [1.165, 1.54) is 71.7 Å². The Hall–Kier alpha value is -8.20. The first-order chi connectivity index (χ1) is 32.2. The number of anilines is 4. The first-order valence-electron chi connectivity index (χ1n) is 22.6. The molecule has 0 radical (unpaired) electrons. The average molecular weight is 835 g/mol. The third-order valence-corrected chi connectivity index (χ3v) is 12.4. The number of hydrogen-bond acceptors (Lipinski definition) is 2. The second kappa shape index (κ2) is 19.0. The number of allylic oxidation sites excluding steroid dienone is 7. The van der Waals surface area contributed by atoms with Crippen molar-refractivity contribution in [1.82, 2.24) is 0 Å². The Morgan fingerprint density at radius 2 is 0.800 bits per heavy atom. The maximum absolute atomic E-state index is 2.47. The van der Waals surface area contributed by atoms with Gasteiger partial charge in [-0.2, -0.15) is 0 Å².